The van der Waals surface area contributed by atoms with Crippen molar-refractivity contribution in [2.75, 3.05) is 6.61 Å². The van der Waals surface area contributed by atoms with Gasteiger partial charge in [-0.05, 0) is 25.0 Å². The third-order valence-corrected chi connectivity index (χ3v) is 3.62. The Hall–Kier alpha value is -2.42. The molecule has 0 heterocycles. The van der Waals surface area contributed by atoms with Gasteiger partial charge in [0.15, 0.2) is 5.78 Å². The van der Waals surface area contributed by atoms with E-state index in [4.69, 9.17) is 4.74 Å². The number of esters is 1. The first kappa shape index (κ1) is 16.0. The van der Waals surface area contributed by atoms with Crippen LogP contribution in [-0.2, 0) is 14.3 Å². The minimum Gasteiger partial charge on any atom is -0.465 e. The number of Topliss-reactive ketones (excluding diaryl/α,β-unsaturated/α-hetero) is 1. The lowest BCUT2D eigenvalue weighted by Crippen LogP contribution is -2.28. The van der Waals surface area contributed by atoms with Crippen LogP contribution in [0.2, 0.25) is 0 Å². The molecule has 0 saturated heterocycles. The van der Waals surface area contributed by atoms with Crippen LogP contribution in [0.3, 0.4) is 0 Å². The molecule has 0 amide bonds. The summed E-state index contributed by atoms with van der Waals surface area (Å²) in [6, 6.07) is 19.0. The highest BCUT2D eigenvalue weighted by Crippen LogP contribution is 2.28. The Morgan fingerprint density at radius 1 is 0.909 bits per heavy atom. The Labute approximate surface area is 130 Å². The molecule has 3 heteroatoms. The molecule has 0 fully saturated rings. The van der Waals surface area contributed by atoms with Crippen LogP contribution >= 0.6 is 0 Å². The Bertz CT molecular complexity index is 580. The van der Waals surface area contributed by atoms with E-state index >= 15 is 0 Å². The van der Waals surface area contributed by atoms with Gasteiger partial charge in [0.2, 0.25) is 0 Å². The van der Waals surface area contributed by atoms with Crippen molar-refractivity contribution in [3.8, 4) is 0 Å². The SMILES string of the molecule is CCOC(=O)C(C)C(=O)C(c1ccccc1)c1ccccc1. The molecular formula is C19H20O3. The average molecular weight is 296 g/mol. The van der Waals surface area contributed by atoms with E-state index in [9.17, 15) is 9.59 Å². The molecule has 22 heavy (non-hydrogen) atoms. The Kier molecular flexibility index (Phi) is 5.48. The molecule has 0 N–H and O–H groups in total. The summed E-state index contributed by atoms with van der Waals surface area (Å²) in [4.78, 5) is 24.8. The molecule has 2 aromatic rings. The van der Waals surface area contributed by atoms with Gasteiger partial charge in [0.05, 0.1) is 12.5 Å². The van der Waals surface area contributed by atoms with Crippen LogP contribution in [0.5, 0.6) is 0 Å². The lowest BCUT2D eigenvalue weighted by Gasteiger charge is -2.20. The number of hydrogen-bond donors (Lipinski definition) is 0. The predicted molar refractivity (Wildman–Crippen MR) is 85.5 cm³/mol. The van der Waals surface area contributed by atoms with E-state index in [1.54, 1.807) is 13.8 Å². The molecule has 114 valence electrons. The zero-order chi connectivity index (χ0) is 15.9. The van der Waals surface area contributed by atoms with E-state index in [-0.39, 0.29) is 12.4 Å². The standard InChI is InChI=1S/C19H20O3/c1-3-22-19(21)14(2)18(20)17(15-10-6-4-7-11-15)16-12-8-5-9-13-16/h4-14,17H,3H2,1-2H3. The summed E-state index contributed by atoms with van der Waals surface area (Å²) in [5.41, 5.74) is 1.77. The number of rotatable bonds is 6. The normalized spacial score (nSPS) is 12.0. The maximum atomic E-state index is 12.9. The maximum Gasteiger partial charge on any atom is 0.316 e. The zero-order valence-electron chi connectivity index (χ0n) is 12.9. The van der Waals surface area contributed by atoms with Crippen molar-refractivity contribution in [3.63, 3.8) is 0 Å². The van der Waals surface area contributed by atoms with E-state index < -0.39 is 17.8 Å². The second kappa shape index (κ2) is 7.55. The molecule has 3 nitrogen and oxygen atoms in total. The number of ether oxygens (including phenoxy) is 1. The first-order valence-corrected chi connectivity index (χ1v) is 7.45. The van der Waals surface area contributed by atoms with Crippen molar-refractivity contribution in [3.05, 3.63) is 71.8 Å². The molecule has 0 saturated carbocycles. The van der Waals surface area contributed by atoms with Crippen molar-refractivity contribution in [1.29, 1.82) is 0 Å². The number of benzene rings is 2. The average Bonchev–Trinajstić information content (AvgIpc) is 2.56. The maximum absolute atomic E-state index is 12.9. The number of carbonyl (C=O) groups is 2. The van der Waals surface area contributed by atoms with E-state index in [2.05, 4.69) is 0 Å². The summed E-state index contributed by atoms with van der Waals surface area (Å²) in [6.07, 6.45) is 0. The Balaban J connectivity index is 2.37. The highest BCUT2D eigenvalue weighted by atomic mass is 16.5. The third-order valence-electron chi connectivity index (χ3n) is 3.62. The number of ketones is 1. The quantitative estimate of drug-likeness (QED) is 0.604. The third kappa shape index (κ3) is 3.61. The lowest BCUT2D eigenvalue weighted by atomic mass is 9.83. The Morgan fingerprint density at radius 3 is 1.77 bits per heavy atom. The van der Waals surface area contributed by atoms with Crippen LogP contribution < -0.4 is 0 Å². The summed E-state index contributed by atoms with van der Waals surface area (Å²) < 4.78 is 4.99. The summed E-state index contributed by atoms with van der Waals surface area (Å²) in [5, 5.41) is 0. The van der Waals surface area contributed by atoms with Gasteiger partial charge in [-0.1, -0.05) is 60.7 Å². The van der Waals surface area contributed by atoms with Gasteiger partial charge in [-0.25, -0.2) is 0 Å². The summed E-state index contributed by atoms with van der Waals surface area (Å²) in [7, 11) is 0. The van der Waals surface area contributed by atoms with Crippen molar-refractivity contribution < 1.29 is 14.3 Å². The highest BCUT2D eigenvalue weighted by Gasteiger charge is 2.31. The molecule has 0 spiro atoms. The molecule has 0 aliphatic heterocycles. The molecule has 0 aliphatic rings. The van der Waals surface area contributed by atoms with Gasteiger partial charge in [-0.3, -0.25) is 9.59 Å². The summed E-state index contributed by atoms with van der Waals surface area (Å²) in [6.45, 7) is 3.62. The topological polar surface area (TPSA) is 43.4 Å². The van der Waals surface area contributed by atoms with E-state index in [1.165, 1.54) is 0 Å². The van der Waals surface area contributed by atoms with E-state index in [0.717, 1.165) is 11.1 Å². The van der Waals surface area contributed by atoms with E-state index in [0.29, 0.717) is 0 Å². The van der Waals surface area contributed by atoms with Crippen LogP contribution in [0.25, 0.3) is 0 Å². The van der Waals surface area contributed by atoms with Gasteiger partial charge in [-0.15, -0.1) is 0 Å². The molecule has 0 aromatic heterocycles. The molecule has 1 atom stereocenters. The van der Waals surface area contributed by atoms with Crippen LogP contribution in [0.1, 0.15) is 30.9 Å². The van der Waals surface area contributed by atoms with Crippen molar-refractivity contribution in [2.24, 2.45) is 5.92 Å². The zero-order valence-corrected chi connectivity index (χ0v) is 12.9. The van der Waals surface area contributed by atoms with Gasteiger partial charge < -0.3 is 4.74 Å². The molecule has 0 aliphatic carbocycles. The number of hydrogen-bond acceptors (Lipinski definition) is 3. The van der Waals surface area contributed by atoms with Crippen LogP contribution in [-0.4, -0.2) is 18.4 Å². The fraction of sp³-hybridized carbons (Fsp3) is 0.263. The van der Waals surface area contributed by atoms with E-state index in [1.807, 2.05) is 60.7 Å². The van der Waals surface area contributed by atoms with Crippen molar-refractivity contribution in [1.82, 2.24) is 0 Å². The van der Waals surface area contributed by atoms with Gasteiger partial charge in [0.25, 0.3) is 0 Å². The van der Waals surface area contributed by atoms with Gasteiger partial charge in [-0.2, -0.15) is 0 Å². The number of carbonyl (C=O) groups excluding carboxylic acids is 2. The molecule has 1 unspecified atom stereocenters. The van der Waals surface area contributed by atoms with Crippen LogP contribution in [0, 0.1) is 5.92 Å². The first-order valence-electron chi connectivity index (χ1n) is 7.45. The smallest absolute Gasteiger partial charge is 0.316 e. The minimum atomic E-state index is -0.787. The van der Waals surface area contributed by atoms with Crippen molar-refractivity contribution >= 4 is 11.8 Å². The predicted octanol–water partition coefficient (Wildman–Crippen LogP) is 3.59. The summed E-state index contributed by atoms with van der Waals surface area (Å²) >= 11 is 0. The lowest BCUT2D eigenvalue weighted by molar-refractivity contribution is -0.150. The second-order valence-electron chi connectivity index (χ2n) is 5.13. The largest absolute Gasteiger partial charge is 0.465 e. The fourth-order valence-corrected chi connectivity index (χ4v) is 2.45. The first-order chi connectivity index (χ1) is 10.6. The van der Waals surface area contributed by atoms with Crippen molar-refractivity contribution in [2.45, 2.75) is 19.8 Å². The van der Waals surface area contributed by atoms with Crippen LogP contribution in [0.15, 0.2) is 60.7 Å². The fourth-order valence-electron chi connectivity index (χ4n) is 2.45. The van der Waals surface area contributed by atoms with Gasteiger partial charge in [0, 0.05) is 0 Å². The molecule has 0 bridgehead atoms. The molecule has 2 rings (SSSR count). The summed E-state index contributed by atoms with van der Waals surface area (Å²) in [5.74, 6) is -1.85. The minimum absolute atomic E-state index is 0.143. The Morgan fingerprint density at radius 2 is 1.36 bits per heavy atom. The van der Waals surface area contributed by atoms with Crippen LogP contribution in [0.4, 0.5) is 0 Å². The second-order valence-corrected chi connectivity index (χ2v) is 5.13. The monoisotopic (exact) mass is 296 g/mol. The molecule has 0 radical (unpaired) electrons. The van der Waals surface area contributed by atoms with Gasteiger partial charge in [0.1, 0.15) is 5.92 Å². The molecule has 2 aromatic carbocycles. The molecular weight excluding hydrogens is 276 g/mol. The van der Waals surface area contributed by atoms with Gasteiger partial charge >= 0.3 is 5.97 Å². The highest BCUT2D eigenvalue weighted by molar-refractivity contribution is 6.03.